The van der Waals surface area contributed by atoms with Gasteiger partial charge < -0.3 is 9.47 Å². The smallest absolute Gasteiger partial charge is 0.256 e. The number of carbonyl (C=O) groups is 1. The molecule has 5 nitrogen and oxygen atoms in total. The highest BCUT2D eigenvalue weighted by molar-refractivity contribution is 5.94. The molecule has 0 fully saturated rings. The lowest BCUT2D eigenvalue weighted by Gasteiger charge is -2.27. The van der Waals surface area contributed by atoms with E-state index in [1.807, 2.05) is 0 Å². The Morgan fingerprint density at radius 2 is 2.00 bits per heavy atom. The van der Waals surface area contributed by atoms with Crippen molar-refractivity contribution >= 4 is 5.91 Å². The minimum Gasteiger partial charge on any atom is -0.332 e. The molecule has 2 aromatic rings. The molecule has 6 heteroatoms. The average molecular weight is 287 g/mol. The fourth-order valence-electron chi connectivity index (χ4n) is 2.47. The number of fused-ring (bicyclic) bond motifs is 1. The molecule has 108 valence electrons. The first-order chi connectivity index (χ1) is 10.1. The zero-order valence-corrected chi connectivity index (χ0v) is 11.5. The molecule has 1 aromatic carbocycles. The van der Waals surface area contributed by atoms with Gasteiger partial charge in [0.25, 0.3) is 11.5 Å². The van der Waals surface area contributed by atoms with Crippen LogP contribution in [0.5, 0.6) is 0 Å². The minimum atomic E-state index is -0.374. The molecule has 1 amide bonds. The van der Waals surface area contributed by atoms with E-state index in [0.29, 0.717) is 36.3 Å². The van der Waals surface area contributed by atoms with Crippen LogP contribution in [0.2, 0.25) is 0 Å². The van der Waals surface area contributed by atoms with Gasteiger partial charge in [-0.2, -0.15) is 0 Å². The topological polar surface area (TPSA) is 55.2 Å². The van der Waals surface area contributed by atoms with Gasteiger partial charge in [0.1, 0.15) is 5.82 Å². The number of carbonyl (C=O) groups excluding carboxylic acids is 1. The van der Waals surface area contributed by atoms with Crippen LogP contribution in [0.15, 0.2) is 35.4 Å². The van der Waals surface area contributed by atoms with Gasteiger partial charge >= 0.3 is 0 Å². The number of aryl methyl sites for hydroxylation is 1. The van der Waals surface area contributed by atoms with Crippen LogP contribution in [-0.2, 0) is 20.0 Å². The van der Waals surface area contributed by atoms with Crippen LogP contribution >= 0.6 is 0 Å². The van der Waals surface area contributed by atoms with Crippen molar-refractivity contribution in [2.24, 2.45) is 7.05 Å². The van der Waals surface area contributed by atoms with Crippen molar-refractivity contribution in [3.63, 3.8) is 0 Å². The summed E-state index contributed by atoms with van der Waals surface area (Å²) in [6, 6.07) is 5.45. The maximum absolute atomic E-state index is 12.9. The lowest BCUT2D eigenvalue weighted by molar-refractivity contribution is 0.0731. The zero-order chi connectivity index (χ0) is 15.0. The van der Waals surface area contributed by atoms with Gasteiger partial charge in [0.2, 0.25) is 0 Å². The van der Waals surface area contributed by atoms with Crippen molar-refractivity contribution in [1.82, 2.24) is 14.5 Å². The van der Waals surface area contributed by atoms with Gasteiger partial charge in [0, 0.05) is 24.7 Å². The zero-order valence-electron chi connectivity index (χ0n) is 11.5. The molecular formula is C15H14FN3O2. The molecule has 0 bridgehead atoms. The Morgan fingerprint density at radius 1 is 1.29 bits per heavy atom. The quantitative estimate of drug-likeness (QED) is 0.789. The molecule has 0 aliphatic carbocycles. The third-order valence-electron chi connectivity index (χ3n) is 3.66. The number of nitrogens with zero attached hydrogens (tertiary/aromatic N) is 3. The Bertz CT molecular complexity index is 753. The summed E-state index contributed by atoms with van der Waals surface area (Å²) in [5, 5.41) is 0. The van der Waals surface area contributed by atoms with E-state index in [9.17, 15) is 14.0 Å². The third kappa shape index (κ3) is 2.44. The maximum atomic E-state index is 12.9. The SMILES string of the molecule is Cn1cnc2c(c1=O)CCN(C(=O)c1ccc(F)cc1)C2. The van der Waals surface area contributed by atoms with Crippen LogP contribution < -0.4 is 5.56 Å². The highest BCUT2D eigenvalue weighted by Gasteiger charge is 2.24. The minimum absolute atomic E-state index is 0.0612. The predicted molar refractivity (Wildman–Crippen MR) is 74.3 cm³/mol. The first-order valence-electron chi connectivity index (χ1n) is 6.64. The van der Waals surface area contributed by atoms with Gasteiger partial charge in [0.05, 0.1) is 18.6 Å². The van der Waals surface area contributed by atoms with E-state index in [1.54, 1.807) is 11.9 Å². The van der Waals surface area contributed by atoms with Crippen molar-refractivity contribution in [2.75, 3.05) is 6.54 Å². The number of aromatic nitrogens is 2. The summed E-state index contributed by atoms with van der Waals surface area (Å²) in [4.78, 5) is 30.2. The van der Waals surface area contributed by atoms with Crippen LogP contribution in [0.4, 0.5) is 4.39 Å². The average Bonchev–Trinajstić information content (AvgIpc) is 2.51. The first-order valence-corrected chi connectivity index (χ1v) is 6.64. The summed E-state index contributed by atoms with van der Waals surface area (Å²) < 4.78 is 14.3. The summed E-state index contributed by atoms with van der Waals surface area (Å²) >= 11 is 0. The molecule has 0 spiro atoms. The van der Waals surface area contributed by atoms with E-state index in [4.69, 9.17) is 0 Å². The van der Waals surface area contributed by atoms with Crippen LogP contribution in [0.3, 0.4) is 0 Å². The Kier molecular flexibility index (Phi) is 3.29. The number of hydrogen-bond donors (Lipinski definition) is 0. The van der Waals surface area contributed by atoms with Gasteiger partial charge in [-0.3, -0.25) is 9.59 Å². The van der Waals surface area contributed by atoms with Crippen molar-refractivity contribution in [1.29, 1.82) is 0 Å². The van der Waals surface area contributed by atoms with Crippen LogP contribution in [0, 0.1) is 5.82 Å². The summed E-state index contributed by atoms with van der Waals surface area (Å²) in [7, 11) is 1.66. The molecule has 0 unspecified atom stereocenters. The predicted octanol–water partition coefficient (Wildman–Crippen LogP) is 1.12. The highest BCUT2D eigenvalue weighted by atomic mass is 19.1. The van der Waals surface area contributed by atoms with Gasteiger partial charge in [-0.1, -0.05) is 0 Å². The van der Waals surface area contributed by atoms with Crippen LogP contribution in [0.1, 0.15) is 21.6 Å². The Balaban J connectivity index is 1.86. The van der Waals surface area contributed by atoms with Crippen LogP contribution in [0.25, 0.3) is 0 Å². The lowest BCUT2D eigenvalue weighted by atomic mass is 10.1. The number of benzene rings is 1. The molecule has 0 radical (unpaired) electrons. The van der Waals surface area contributed by atoms with Crippen LogP contribution in [-0.4, -0.2) is 26.9 Å². The lowest BCUT2D eigenvalue weighted by Crippen LogP contribution is -2.40. The fraction of sp³-hybridized carbons (Fsp3) is 0.267. The fourth-order valence-corrected chi connectivity index (χ4v) is 2.47. The van der Waals surface area contributed by atoms with Gasteiger partial charge in [-0.15, -0.1) is 0 Å². The standard InChI is InChI=1S/C15H14FN3O2/c1-18-9-17-13-8-19(7-6-12(13)15(18)21)14(20)10-2-4-11(16)5-3-10/h2-5,9H,6-8H2,1H3. The summed E-state index contributed by atoms with van der Waals surface area (Å²) in [6.07, 6.45) is 1.95. The number of rotatable bonds is 1. The normalized spacial score (nSPS) is 13.9. The molecule has 1 aromatic heterocycles. The van der Waals surface area contributed by atoms with Crippen molar-refractivity contribution < 1.29 is 9.18 Å². The molecule has 1 aliphatic heterocycles. The molecule has 0 N–H and O–H groups in total. The molecule has 2 heterocycles. The highest BCUT2D eigenvalue weighted by Crippen LogP contribution is 2.16. The van der Waals surface area contributed by atoms with Crippen molar-refractivity contribution in [3.05, 3.63) is 63.6 Å². The molecule has 3 rings (SSSR count). The molecular weight excluding hydrogens is 273 g/mol. The Morgan fingerprint density at radius 3 is 2.71 bits per heavy atom. The summed E-state index contributed by atoms with van der Waals surface area (Å²) in [5.41, 5.74) is 1.68. The van der Waals surface area contributed by atoms with E-state index >= 15 is 0 Å². The number of halogens is 1. The largest absolute Gasteiger partial charge is 0.332 e. The first kappa shape index (κ1) is 13.5. The Labute approximate surface area is 120 Å². The summed E-state index contributed by atoms with van der Waals surface area (Å²) in [6.45, 7) is 0.770. The second kappa shape index (κ2) is 5.12. The number of amides is 1. The molecule has 1 aliphatic rings. The second-order valence-electron chi connectivity index (χ2n) is 5.07. The van der Waals surface area contributed by atoms with E-state index < -0.39 is 0 Å². The molecule has 0 saturated carbocycles. The molecule has 21 heavy (non-hydrogen) atoms. The summed E-state index contributed by atoms with van der Waals surface area (Å²) in [5.74, 6) is -0.552. The monoisotopic (exact) mass is 287 g/mol. The van der Waals surface area contributed by atoms with E-state index in [2.05, 4.69) is 4.98 Å². The van der Waals surface area contributed by atoms with E-state index in [0.717, 1.165) is 0 Å². The Hall–Kier alpha value is -2.50. The number of hydrogen-bond acceptors (Lipinski definition) is 3. The van der Waals surface area contributed by atoms with E-state index in [1.165, 1.54) is 35.2 Å². The second-order valence-corrected chi connectivity index (χ2v) is 5.07. The van der Waals surface area contributed by atoms with Gasteiger partial charge in [-0.25, -0.2) is 9.37 Å². The van der Waals surface area contributed by atoms with Crippen molar-refractivity contribution in [2.45, 2.75) is 13.0 Å². The molecule has 0 atom stereocenters. The van der Waals surface area contributed by atoms with Crippen molar-refractivity contribution in [3.8, 4) is 0 Å². The third-order valence-corrected chi connectivity index (χ3v) is 3.66. The van der Waals surface area contributed by atoms with E-state index in [-0.39, 0.29) is 17.3 Å². The molecule has 0 saturated heterocycles. The maximum Gasteiger partial charge on any atom is 0.256 e. The van der Waals surface area contributed by atoms with Gasteiger partial charge in [0.15, 0.2) is 0 Å². The van der Waals surface area contributed by atoms with Gasteiger partial charge in [-0.05, 0) is 30.7 Å².